The lowest BCUT2D eigenvalue weighted by Crippen LogP contribution is -2.13. The van der Waals surface area contributed by atoms with Gasteiger partial charge in [-0.25, -0.2) is 8.78 Å². The number of hydrogen-bond donors (Lipinski definition) is 1. The zero-order valence-corrected chi connectivity index (χ0v) is 9.93. The van der Waals surface area contributed by atoms with E-state index < -0.39 is 17.7 Å². The molecule has 17 heavy (non-hydrogen) atoms. The highest BCUT2D eigenvalue weighted by atomic mass is 32.1. The van der Waals surface area contributed by atoms with Crippen molar-refractivity contribution in [2.45, 2.75) is 6.04 Å². The summed E-state index contributed by atoms with van der Waals surface area (Å²) in [5.74, 6) is -1.21. The Bertz CT molecular complexity index is 527. The van der Waals surface area contributed by atoms with Crippen LogP contribution in [0.2, 0.25) is 0 Å². The molecular weight excluding hydrogens is 244 g/mol. The number of halogens is 2. The first kappa shape index (κ1) is 12.0. The van der Waals surface area contributed by atoms with Gasteiger partial charge >= 0.3 is 0 Å². The highest BCUT2D eigenvalue weighted by molar-refractivity contribution is 7.10. The van der Waals surface area contributed by atoms with Crippen molar-refractivity contribution in [2.24, 2.45) is 5.73 Å². The van der Waals surface area contributed by atoms with Gasteiger partial charge in [0, 0.05) is 5.56 Å². The van der Waals surface area contributed by atoms with Crippen molar-refractivity contribution in [1.29, 1.82) is 0 Å². The Kier molecular flexibility index (Phi) is 3.40. The van der Waals surface area contributed by atoms with Gasteiger partial charge in [-0.15, -0.1) is 11.3 Å². The lowest BCUT2D eigenvalue weighted by Gasteiger charge is -2.13. The van der Waals surface area contributed by atoms with Gasteiger partial charge in [0.05, 0.1) is 18.0 Å². The van der Waals surface area contributed by atoms with Gasteiger partial charge in [-0.1, -0.05) is 12.1 Å². The van der Waals surface area contributed by atoms with Gasteiger partial charge in [-0.05, 0) is 17.5 Å². The maximum absolute atomic E-state index is 13.6. The van der Waals surface area contributed by atoms with Crippen LogP contribution < -0.4 is 10.5 Å². The van der Waals surface area contributed by atoms with Crippen LogP contribution >= 0.6 is 11.3 Å². The second-order valence-electron chi connectivity index (χ2n) is 3.47. The van der Waals surface area contributed by atoms with E-state index in [2.05, 4.69) is 0 Å². The predicted molar refractivity (Wildman–Crippen MR) is 63.3 cm³/mol. The average molecular weight is 255 g/mol. The molecule has 0 radical (unpaired) electrons. The molecule has 1 aromatic heterocycles. The minimum atomic E-state index is -0.907. The Morgan fingerprint density at radius 2 is 2.06 bits per heavy atom. The maximum Gasteiger partial charge on any atom is 0.163 e. The molecular formula is C12H11F2NOS. The summed E-state index contributed by atoms with van der Waals surface area (Å²) in [6.45, 7) is 0. The zero-order valence-electron chi connectivity index (χ0n) is 9.11. The van der Waals surface area contributed by atoms with Crippen LogP contribution in [0.25, 0.3) is 0 Å². The summed E-state index contributed by atoms with van der Waals surface area (Å²) in [6.07, 6.45) is 0. The third-order valence-corrected chi connectivity index (χ3v) is 3.46. The van der Waals surface area contributed by atoms with Gasteiger partial charge < -0.3 is 10.5 Å². The number of ether oxygens (including phenoxy) is 1. The van der Waals surface area contributed by atoms with Crippen molar-refractivity contribution in [3.05, 3.63) is 51.7 Å². The standard InChI is InChI=1S/C12H11F2NOS/c1-16-9-5-6-17-12(9)11(15)7-3-2-4-8(13)10(7)14/h2-6,11H,15H2,1H3. The smallest absolute Gasteiger partial charge is 0.163 e. The highest BCUT2D eigenvalue weighted by Crippen LogP contribution is 2.34. The molecule has 90 valence electrons. The summed E-state index contributed by atoms with van der Waals surface area (Å²) < 4.78 is 31.8. The van der Waals surface area contributed by atoms with E-state index in [1.165, 1.54) is 30.6 Å². The van der Waals surface area contributed by atoms with Crippen LogP contribution in [0.15, 0.2) is 29.6 Å². The van der Waals surface area contributed by atoms with Gasteiger partial charge in [0.15, 0.2) is 11.6 Å². The summed E-state index contributed by atoms with van der Waals surface area (Å²) in [4.78, 5) is 0.678. The van der Waals surface area contributed by atoms with Crippen molar-refractivity contribution in [1.82, 2.24) is 0 Å². The van der Waals surface area contributed by atoms with Gasteiger partial charge in [-0.3, -0.25) is 0 Å². The lowest BCUT2D eigenvalue weighted by molar-refractivity contribution is 0.410. The summed E-state index contributed by atoms with van der Waals surface area (Å²) in [6, 6.07) is 5.00. The van der Waals surface area contributed by atoms with Gasteiger partial charge in [0.25, 0.3) is 0 Å². The Morgan fingerprint density at radius 1 is 1.29 bits per heavy atom. The molecule has 2 N–H and O–H groups in total. The third-order valence-electron chi connectivity index (χ3n) is 2.48. The molecule has 1 atom stereocenters. The second kappa shape index (κ2) is 4.81. The van der Waals surface area contributed by atoms with E-state index in [-0.39, 0.29) is 5.56 Å². The molecule has 1 unspecified atom stereocenters. The van der Waals surface area contributed by atoms with Crippen molar-refractivity contribution in [3.63, 3.8) is 0 Å². The van der Waals surface area contributed by atoms with E-state index >= 15 is 0 Å². The van der Waals surface area contributed by atoms with E-state index in [0.717, 1.165) is 6.07 Å². The zero-order chi connectivity index (χ0) is 12.4. The molecule has 0 aliphatic carbocycles. The van der Waals surface area contributed by atoms with Gasteiger partial charge in [0.1, 0.15) is 5.75 Å². The fourth-order valence-corrected chi connectivity index (χ4v) is 2.49. The van der Waals surface area contributed by atoms with Crippen LogP contribution in [0.1, 0.15) is 16.5 Å². The van der Waals surface area contributed by atoms with Crippen molar-refractivity contribution in [3.8, 4) is 5.75 Å². The molecule has 0 fully saturated rings. The fourth-order valence-electron chi connectivity index (χ4n) is 1.61. The van der Waals surface area contributed by atoms with Crippen LogP contribution in [0.4, 0.5) is 8.78 Å². The van der Waals surface area contributed by atoms with Crippen molar-refractivity contribution in [2.75, 3.05) is 7.11 Å². The molecule has 0 spiro atoms. The molecule has 2 aromatic rings. The first-order valence-corrected chi connectivity index (χ1v) is 5.84. The third kappa shape index (κ3) is 2.16. The topological polar surface area (TPSA) is 35.2 Å². The largest absolute Gasteiger partial charge is 0.496 e. The molecule has 0 saturated carbocycles. The van der Waals surface area contributed by atoms with Gasteiger partial charge in [0.2, 0.25) is 0 Å². The van der Waals surface area contributed by atoms with Crippen LogP contribution in [0.5, 0.6) is 5.75 Å². The van der Waals surface area contributed by atoms with Crippen LogP contribution in [0, 0.1) is 11.6 Å². The minimum absolute atomic E-state index is 0.130. The number of rotatable bonds is 3. The molecule has 2 rings (SSSR count). The number of hydrogen-bond acceptors (Lipinski definition) is 3. The molecule has 0 aliphatic heterocycles. The van der Waals surface area contributed by atoms with E-state index in [4.69, 9.17) is 10.5 Å². The molecule has 1 aromatic carbocycles. The van der Waals surface area contributed by atoms with Gasteiger partial charge in [-0.2, -0.15) is 0 Å². The lowest BCUT2D eigenvalue weighted by atomic mass is 10.1. The van der Waals surface area contributed by atoms with E-state index in [1.807, 2.05) is 0 Å². The summed E-state index contributed by atoms with van der Waals surface area (Å²) in [5, 5.41) is 1.80. The van der Waals surface area contributed by atoms with Crippen LogP contribution in [-0.2, 0) is 0 Å². The Hall–Kier alpha value is -1.46. The van der Waals surface area contributed by atoms with Crippen molar-refractivity contribution < 1.29 is 13.5 Å². The predicted octanol–water partition coefficient (Wildman–Crippen LogP) is 3.08. The molecule has 5 heteroatoms. The summed E-state index contributed by atoms with van der Waals surface area (Å²) in [7, 11) is 1.51. The fraction of sp³-hybridized carbons (Fsp3) is 0.167. The first-order chi connectivity index (χ1) is 8.15. The summed E-state index contributed by atoms with van der Waals surface area (Å²) >= 11 is 1.35. The monoisotopic (exact) mass is 255 g/mol. The molecule has 0 amide bonds. The number of benzene rings is 1. The molecule has 1 heterocycles. The quantitative estimate of drug-likeness (QED) is 0.914. The second-order valence-corrected chi connectivity index (χ2v) is 4.42. The molecule has 0 saturated heterocycles. The van der Waals surface area contributed by atoms with E-state index in [0.29, 0.717) is 10.6 Å². The summed E-state index contributed by atoms with van der Waals surface area (Å²) in [5.41, 5.74) is 6.06. The highest BCUT2D eigenvalue weighted by Gasteiger charge is 2.20. The minimum Gasteiger partial charge on any atom is -0.496 e. The van der Waals surface area contributed by atoms with Crippen LogP contribution in [-0.4, -0.2) is 7.11 Å². The van der Waals surface area contributed by atoms with Crippen molar-refractivity contribution >= 4 is 11.3 Å². The Morgan fingerprint density at radius 3 is 2.76 bits per heavy atom. The Balaban J connectivity index is 2.44. The molecule has 2 nitrogen and oxygen atoms in total. The normalized spacial score (nSPS) is 12.5. The van der Waals surface area contributed by atoms with E-state index in [1.54, 1.807) is 11.4 Å². The maximum atomic E-state index is 13.6. The number of thiophene rings is 1. The SMILES string of the molecule is COc1ccsc1C(N)c1cccc(F)c1F. The van der Waals surface area contributed by atoms with Crippen LogP contribution in [0.3, 0.4) is 0 Å². The number of nitrogens with two attached hydrogens (primary N) is 1. The average Bonchev–Trinajstić information content (AvgIpc) is 2.80. The van der Waals surface area contributed by atoms with E-state index in [9.17, 15) is 8.78 Å². The molecule has 0 bridgehead atoms. The first-order valence-electron chi connectivity index (χ1n) is 4.96. The Labute approximate surface area is 102 Å². The number of methoxy groups -OCH3 is 1. The molecule has 0 aliphatic rings.